The van der Waals surface area contributed by atoms with Gasteiger partial charge in [0.1, 0.15) is 23.8 Å². The fourth-order valence-corrected chi connectivity index (χ4v) is 4.61. The van der Waals surface area contributed by atoms with Gasteiger partial charge in [-0.05, 0) is 66.2 Å². The van der Waals surface area contributed by atoms with Crippen molar-refractivity contribution in [2.24, 2.45) is 5.10 Å². The van der Waals surface area contributed by atoms with E-state index in [4.69, 9.17) is 14.2 Å². The number of morpholine rings is 1. The molecule has 210 valence electrons. The van der Waals surface area contributed by atoms with Crippen molar-refractivity contribution < 1.29 is 32.2 Å². The Balaban J connectivity index is 1.27. The lowest BCUT2D eigenvalue weighted by molar-refractivity contribution is -0.137. The van der Waals surface area contributed by atoms with E-state index in [-0.39, 0.29) is 12.5 Å². The molecule has 0 bridgehead atoms. The Hall–Kier alpha value is -4.42. The number of rotatable bonds is 11. The minimum absolute atomic E-state index is 0.0664. The quantitative estimate of drug-likeness (QED) is 0.279. The number of hydrazone groups is 1. The molecule has 1 heterocycles. The summed E-state index contributed by atoms with van der Waals surface area (Å²) in [7, 11) is -3.75. The number of nitrogens with zero attached hydrogens (tertiary/aromatic N) is 3. The predicted molar refractivity (Wildman–Crippen MR) is 150 cm³/mol. The summed E-state index contributed by atoms with van der Waals surface area (Å²) in [5.41, 5.74) is 3.32. The highest BCUT2D eigenvalue weighted by molar-refractivity contribution is 7.92. The van der Waals surface area contributed by atoms with Gasteiger partial charge in [-0.2, -0.15) is 5.10 Å². The highest BCUT2D eigenvalue weighted by Gasteiger charge is 2.21. The lowest BCUT2D eigenvalue weighted by Crippen LogP contribution is -2.42. The first kappa shape index (κ1) is 28.6. The molecule has 3 aromatic carbocycles. The number of hydrogen-bond acceptors (Lipinski definition) is 8. The number of sulfonamides is 1. The highest BCUT2D eigenvalue weighted by Crippen LogP contribution is 2.25. The van der Waals surface area contributed by atoms with Crippen molar-refractivity contribution in [1.82, 2.24) is 10.3 Å². The number of carbonyl (C=O) groups is 2. The lowest BCUT2D eigenvalue weighted by atomic mass is 10.2. The minimum atomic E-state index is -3.75. The summed E-state index contributed by atoms with van der Waals surface area (Å²) in [5, 5.41) is 3.92. The molecule has 1 N–H and O–H groups in total. The van der Waals surface area contributed by atoms with Gasteiger partial charge in [0.15, 0.2) is 6.61 Å². The van der Waals surface area contributed by atoms with Gasteiger partial charge in [-0.3, -0.25) is 13.9 Å². The van der Waals surface area contributed by atoms with Crippen molar-refractivity contribution in [2.45, 2.75) is 0 Å². The van der Waals surface area contributed by atoms with Gasteiger partial charge in [0, 0.05) is 13.1 Å². The minimum Gasteiger partial charge on any atom is -0.484 e. The molecular weight excluding hydrogens is 536 g/mol. The van der Waals surface area contributed by atoms with E-state index in [1.165, 1.54) is 6.21 Å². The lowest BCUT2D eigenvalue weighted by Gasteiger charge is -2.26. The van der Waals surface area contributed by atoms with E-state index >= 15 is 0 Å². The van der Waals surface area contributed by atoms with Crippen LogP contribution < -0.4 is 19.2 Å². The van der Waals surface area contributed by atoms with Gasteiger partial charge in [-0.1, -0.05) is 18.2 Å². The van der Waals surface area contributed by atoms with Crippen LogP contribution in [0.5, 0.6) is 17.2 Å². The first-order chi connectivity index (χ1) is 19.3. The van der Waals surface area contributed by atoms with Crippen molar-refractivity contribution in [3.63, 3.8) is 0 Å². The van der Waals surface area contributed by atoms with Crippen LogP contribution in [0.1, 0.15) is 5.56 Å². The predicted octanol–water partition coefficient (Wildman–Crippen LogP) is 2.63. The standard InChI is InChI=1S/C28H30N4O7S/c1-40(35,36)32(23-9-13-26(14-10-23)39-25-5-3-2-4-6-25)20-27(33)30-29-19-22-7-11-24(12-8-22)38-21-28(34)31-15-17-37-18-16-31/h2-14,19H,15-18,20-21H2,1H3,(H,30,33)/b29-19-. The summed E-state index contributed by atoms with van der Waals surface area (Å²) in [6.45, 7) is 1.64. The Kier molecular flexibility index (Phi) is 9.71. The van der Waals surface area contributed by atoms with Crippen LogP contribution in [0.15, 0.2) is 84.0 Å². The molecule has 1 saturated heterocycles. The Morgan fingerprint density at radius 3 is 2.23 bits per heavy atom. The molecule has 2 amide bonds. The second-order valence-corrected chi connectivity index (χ2v) is 10.7. The molecule has 12 heteroatoms. The molecule has 1 aliphatic heterocycles. The van der Waals surface area contributed by atoms with Crippen LogP contribution in [-0.2, 0) is 24.3 Å². The van der Waals surface area contributed by atoms with Crippen molar-refractivity contribution in [3.05, 3.63) is 84.4 Å². The maximum absolute atomic E-state index is 12.5. The third-order valence-corrected chi connectivity index (χ3v) is 6.94. The molecule has 0 unspecified atom stereocenters. The zero-order valence-corrected chi connectivity index (χ0v) is 22.7. The van der Waals surface area contributed by atoms with Crippen molar-refractivity contribution >= 4 is 33.7 Å². The molecule has 0 radical (unpaired) electrons. The summed E-state index contributed by atoms with van der Waals surface area (Å²) >= 11 is 0. The molecular formula is C28H30N4O7S. The maximum Gasteiger partial charge on any atom is 0.260 e. The fourth-order valence-electron chi connectivity index (χ4n) is 3.75. The molecule has 11 nitrogen and oxygen atoms in total. The molecule has 40 heavy (non-hydrogen) atoms. The first-order valence-corrected chi connectivity index (χ1v) is 14.3. The van der Waals surface area contributed by atoms with Gasteiger partial charge in [0.25, 0.3) is 11.8 Å². The smallest absolute Gasteiger partial charge is 0.260 e. The maximum atomic E-state index is 12.5. The number of nitrogens with one attached hydrogen (secondary N) is 1. The molecule has 1 aliphatic rings. The Morgan fingerprint density at radius 2 is 1.57 bits per heavy atom. The normalized spacial score (nSPS) is 13.6. The number of para-hydroxylation sites is 1. The molecule has 0 aliphatic carbocycles. The second-order valence-electron chi connectivity index (χ2n) is 8.82. The average molecular weight is 567 g/mol. The zero-order chi connectivity index (χ0) is 28.4. The molecule has 4 rings (SSSR count). The SMILES string of the molecule is CS(=O)(=O)N(CC(=O)N/N=C\c1ccc(OCC(=O)N2CCOCC2)cc1)c1ccc(Oc2ccccc2)cc1. The fraction of sp³-hybridized carbons (Fsp3) is 0.250. The second kappa shape index (κ2) is 13.6. The number of benzene rings is 3. The van der Waals surface area contributed by atoms with E-state index in [1.807, 2.05) is 18.2 Å². The summed E-state index contributed by atoms with van der Waals surface area (Å²) in [5.74, 6) is 0.974. The molecule has 1 fully saturated rings. The van der Waals surface area contributed by atoms with Crippen LogP contribution >= 0.6 is 0 Å². The van der Waals surface area contributed by atoms with Gasteiger partial charge in [-0.25, -0.2) is 13.8 Å². The van der Waals surface area contributed by atoms with Crippen molar-refractivity contribution in [3.8, 4) is 17.2 Å². The summed E-state index contributed by atoms with van der Waals surface area (Å²) < 4.78 is 42.3. The van der Waals surface area contributed by atoms with Crippen LogP contribution in [0.3, 0.4) is 0 Å². The number of carbonyl (C=O) groups excluding carboxylic acids is 2. The Bertz CT molecular complexity index is 1410. The van der Waals surface area contributed by atoms with E-state index in [0.717, 1.165) is 10.6 Å². The summed E-state index contributed by atoms with van der Waals surface area (Å²) in [6.07, 6.45) is 2.44. The number of hydrogen-bond donors (Lipinski definition) is 1. The third kappa shape index (κ3) is 8.55. The zero-order valence-electron chi connectivity index (χ0n) is 21.9. The Labute approximate surface area is 233 Å². The van der Waals surface area contributed by atoms with Crippen LogP contribution in [0, 0.1) is 0 Å². The topological polar surface area (TPSA) is 127 Å². The number of amides is 2. The summed E-state index contributed by atoms with van der Waals surface area (Å²) in [6, 6.07) is 22.4. The molecule has 0 atom stereocenters. The molecule has 0 aromatic heterocycles. The van der Waals surface area contributed by atoms with E-state index in [1.54, 1.807) is 65.6 Å². The van der Waals surface area contributed by atoms with Crippen LogP contribution in [0.4, 0.5) is 5.69 Å². The van der Waals surface area contributed by atoms with Crippen LogP contribution in [0.2, 0.25) is 0 Å². The average Bonchev–Trinajstić information content (AvgIpc) is 2.96. The van der Waals surface area contributed by atoms with Gasteiger partial charge < -0.3 is 19.1 Å². The number of anilines is 1. The number of ether oxygens (including phenoxy) is 3. The molecule has 0 spiro atoms. The molecule has 3 aromatic rings. The van der Waals surface area contributed by atoms with Crippen LogP contribution in [0.25, 0.3) is 0 Å². The van der Waals surface area contributed by atoms with Gasteiger partial charge in [-0.15, -0.1) is 0 Å². The van der Waals surface area contributed by atoms with Crippen molar-refractivity contribution in [2.75, 3.05) is 50.0 Å². The monoisotopic (exact) mass is 566 g/mol. The molecule has 0 saturated carbocycles. The first-order valence-electron chi connectivity index (χ1n) is 12.5. The van der Waals surface area contributed by atoms with Gasteiger partial charge in [0.05, 0.1) is 31.4 Å². The van der Waals surface area contributed by atoms with Crippen molar-refractivity contribution in [1.29, 1.82) is 0 Å². The van der Waals surface area contributed by atoms with Crippen LogP contribution in [-0.4, -0.2) is 77.1 Å². The van der Waals surface area contributed by atoms with E-state index in [9.17, 15) is 18.0 Å². The Morgan fingerprint density at radius 1 is 0.950 bits per heavy atom. The van der Waals surface area contributed by atoms with E-state index in [0.29, 0.717) is 54.8 Å². The summed E-state index contributed by atoms with van der Waals surface area (Å²) in [4.78, 5) is 26.4. The third-order valence-electron chi connectivity index (χ3n) is 5.80. The highest BCUT2D eigenvalue weighted by atomic mass is 32.2. The van der Waals surface area contributed by atoms with E-state index < -0.39 is 22.5 Å². The largest absolute Gasteiger partial charge is 0.484 e. The van der Waals surface area contributed by atoms with Gasteiger partial charge in [0.2, 0.25) is 10.0 Å². The van der Waals surface area contributed by atoms with E-state index in [2.05, 4.69) is 10.5 Å². The van der Waals surface area contributed by atoms with Gasteiger partial charge >= 0.3 is 0 Å².